The summed E-state index contributed by atoms with van der Waals surface area (Å²) >= 11 is 11.4. The van der Waals surface area contributed by atoms with Gasteiger partial charge in [0.2, 0.25) is 0 Å². The first-order valence-corrected chi connectivity index (χ1v) is 12.0. The van der Waals surface area contributed by atoms with Gasteiger partial charge in [0.05, 0.1) is 7.11 Å². The van der Waals surface area contributed by atoms with Gasteiger partial charge < -0.3 is 15.4 Å². The van der Waals surface area contributed by atoms with Gasteiger partial charge in [0.25, 0.3) is 0 Å². The van der Waals surface area contributed by atoms with E-state index in [1.54, 1.807) is 0 Å². The van der Waals surface area contributed by atoms with Gasteiger partial charge in [0.15, 0.2) is 5.11 Å². The van der Waals surface area contributed by atoms with Gasteiger partial charge in [-0.1, -0.05) is 41.9 Å². The summed E-state index contributed by atoms with van der Waals surface area (Å²) in [5, 5.41) is 7.72. The number of thiocarbonyl (C=S) groups is 1. The van der Waals surface area contributed by atoms with Crippen molar-refractivity contribution in [3.63, 3.8) is 0 Å². The van der Waals surface area contributed by atoms with Crippen LogP contribution in [0.1, 0.15) is 49.3 Å². The van der Waals surface area contributed by atoms with Crippen molar-refractivity contribution in [2.24, 2.45) is 0 Å². The zero-order chi connectivity index (χ0) is 22.8. The van der Waals surface area contributed by atoms with Crippen LogP contribution in [-0.4, -0.2) is 42.7 Å². The van der Waals surface area contributed by atoms with Gasteiger partial charge >= 0.3 is 5.97 Å². The molecule has 0 saturated carbocycles. The monoisotopic (exact) mass is 473 g/mol. The molecule has 2 aromatic carbocycles. The molecule has 0 aliphatic heterocycles. The van der Waals surface area contributed by atoms with Crippen LogP contribution in [0.25, 0.3) is 0 Å². The molecule has 0 aromatic heterocycles. The maximum atomic E-state index is 11.6. The minimum absolute atomic E-state index is 0.145. The van der Waals surface area contributed by atoms with Crippen LogP contribution >= 0.6 is 23.8 Å². The highest BCUT2D eigenvalue weighted by Gasteiger charge is 2.25. The number of carbonyl (C=O) groups excluding carboxylic acids is 1. The molecular weight excluding hydrogens is 442 g/mol. The van der Waals surface area contributed by atoms with E-state index in [1.165, 1.54) is 24.7 Å². The molecule has 0 bridgehead atoms. The molecule has 5 nitrogen and oxygen atoms in total. The number of benzene rings is 2. The van der Waals surface area contributed by atoms with Crippen molar-refractivity contribution < 1.29 is 9.53 Å². The highest BCUT2D eigenvalue weighted by atomic mass is 35.5. The summed E-state index contributed by atoms with van der Waals surface area (Å²) in [5.74, 6) is -0.145. The summed E-state index contributed by atoms with van der Waals surface area (Å²) in [6, 6.07) is 16.7. The molecule has 172 valence electrons. The van der Waals surface area contributed by atoms with Gasteiger partial charge in [-0.2, -0.15) is 0 Å². The summed E-state index contributed by atoms with van der Waals surface area (Å²) in [5.41, 5.74) is 3.76. The second kappa shape index (κ2) is 12.8. The first-order valence-electron chi connectivity index (χ1n) is 11.3. The van der Waals surface area contributed by atoms with Gasteiger partial charge in [-0.25, -0.2) is 0 Å². The number of ether oxygens (including phenoxy) is 1. The maximum Gasteiger partial charge on any atom is 0.305 e. The number of nitrogens with zero attached hydrogens (tertiary/aromatic N) is 1. The summed E-state index contributed by atoms with van der Waals surface area (Å²) in [6.45, 7) is 2.58. The molecule has 0 amide bonds. The zero-order valence-corrected chi connectivity index (χ0v) is 20.2. The fourth-order valence-electron chi connectivity index (χ4n) is 4.29. The van der Waals surface area contributed by atoms with Crippen molar-refractivity contribution in [1.82, 2.24) is 10.2 Å². The molecule has 32 heavy (non-hydrogen) atoms. The Morgan fingerprint density at radius 2 is 2.00 bits per heavy atom. The average Bonchev–Trinajstić information content (AvgIpc) is 2.80. The summed E-state index contributed by atoms with van der Waals surface area (Å²) < 4.78 is 4.82. The van der Waals surface area contributed by atoms with Crippen molar-refractivity contribution in [3.8, 4) is 0 Å². The van der Waals surface area contributed by atoms with E-state index < -0.39 is 0 Å². The number of hydrogen-bond acceptors (Lipinski definition) is 4. The lowest BCUT2D eigenvalue weighted by Gasteiger charge is -2.36. The fourth-order valence-corrected chi connectivity index (χ4v) is 4.70. The Morgan fingerprint density at radius 1 is 1.19 bits per heavy atom. The van der Waals surface area contributed by atoms with Crippen molar-refractivity contribution in [2.75, 3.05) is 32.1 Å². The van der Waals surface area contributed by atoms with Crippen molar-refractivity contribution in [1.29, 1.82) is 0 Å². The molecule has 0 fully saturated rings. The molecule has 0 heterocycles. The third-order valence-electron chi connectivity index (χ3n) is 5.82. The van der Waals surface area contributed by atoms with E-state index in [9.17, 15) is 4.79 Å². The fraction of sp³-hybridized carbons (Fsp3) is 0.440. The Morgan fingerprint density at radius 3 is 2.81 bits per heavy atom. The Hall–Kier alpha value is -2.15. The van der Waals surface area contributed by atoms with Crippen molar-refractivity contribution in [3.05, 3.63) is 64.7 Å². The quantitative estimate of drug-likeness (QED) is 0.275. The number of fused-ring (bicyclic) bond motifs is 1. The number of methoxy groups -OCH3 is 1. The van der Waals surface area contributed by atoms with E-state index >= 15 is 0 Å². The molecule has 2 N–H and O–H groups in total. The van der Waals surface area contributed by atoms with Crippen LogP contribution in [0.5, 0.6) is 0 Å². The predicted molar refractivity (Wildman–Crippen MR) is 135 cm³/mol. The molecule has 0 radical (unpaired) electrons. The standard InChI is InChI=1S/C25H32ClN3O2S/c1-31-24(30)14-6-16-29(23-13-4-9-19-8-2-3-12-22(19)23)17-7-15-27-25(32)28-21-11-5-10-20(26)18-21/h2-3,5,8,10-12,18,23H,4,6-7,9,13-17H2,1H3,(H2,27,28,32). The first kappa shape index (κ1) is 24.5. The molecule has 1 atom stereocenters. The smallest absolute Gasteiger partial charge is 0.305 e. The molecule has 1 aliphatic rings. The van der Waals surface area contributed by atoms with E-state index in [4.69, 9.17) is 28.6 Å². The topological polar surface area (TPSA) is 53.6 Å². The summed E-state index contributed by atoms with van der Waals surface area (Å²) in [4.78, 5) is 14.1. The molecule has 7 heteroatoms. The summed E-state index contributed by atoms with van der Waals surface area (Å²) in [7, 11) is 1.45. The Kier molecular flexibility index (Phi) is 9.78. The van der Waals surface area contributed by atoms with Crippen LogP contribution < -0.4 is 10.6 Å². The lowest BCUT2D eigenvalue weighted by Crippen LogP contribution is -2.36. The van der Waals surface area contributed by atoms with E-state index in [1.807, 2.05) is 24.3 Å². The molecule has 0 spiro atoms. The van der Waals surface area contributed by atoms with E-state index in [-0.39, 0.29) is 5.97 Å². The van der Waals surface area contributed by atoms with E-state index in [2.05, 4.69) is 39.8 Å². The summed E-state index contributed by atoms with van der Waals surface area (Å²) in [6.07, 6.45) is 5.70. The number of aryl methyl sites for hydroxylation is 1. The second-order valence-electron chi connectivity index (χ2n) is 8.07. The third-order valence-corrected chi connectivity index (χ3v) is 6.30. The Balaban J connectivity index is 1.53. The lowest BCUT2D eigenvalue weighted by atomic mass is 9.86. The van der Waals surface area contributed by atoms with Crippen LogP contribution in [0.4, 0.5) is 5.69 Å². The Labute approximate surface area is 201 Å². The number of esters is 1. The van der Waals surface area contributed by atoms with Crippen molar-refractivity contribution in [2.45, 2.75) is 44.6 Å². The SMILES string of the molecule is COC(=O)CCCN(CCCNC(=S)Nc1cccc(Cl)c1)C1CCCc2ccccc21. The molecule has 1 unspecified atom stereocenters. The van der Waals surface area contributed by atoms with Gasteiger partial charge in [-0.05, 0) is 80.2 Å². The third kappa shape index (κ3) is 7.47. The van der Waals surface area contributed by atoms with Crippen LogP contribution in [0.2, 0.25) is 5.02 Å². The number of hydrogen-bond donors (Lipinski definition) is 2. The van der Waals surface area contributed by atoms with Crippen LogP contribution in [0.3, 0.4) is 0 Å². The predicted octanol–water partition coefficient (Wildman–Crippen LogP) is 5.35. The van der Waals surface area contributed by atoms with Crippen molar-refractivity contribution >= 4 is 40.6 Å². The van der Waals surface area contributed by atoms with Gasteiger partial charge in [0, 0.05) is 36.3 Å². The minimum atomic E-state index is -0.145. The second-order valence-corrected chi connectivity index (χ2v) is 8.91. The largest absolute Gasteiger partial charge is 0.469 e. The van der Waals surface area contributed by atoms with Gasteiger partial charge in [-0.15, -0.1) is 0 Å². The average molecular weight is 474 g/mol. The number of anilines is 1. The number of carbonyl (C=O) groups is 1. The number of rotatable bonds is 10. The molecule has 3 rings (SSSR count). The van der Waals surface area contributed by atoms with Crippen LogP contribution in [0, 0.1) is 0 Å². The van der Waals surface area contributed by atoms with Crippen LogP contribution in [0.15, 0.2) is 48.5 Å². The maximum absolute atomic E-state index is 11.6. The zero-order valence-electron chi connectivity index (χ0n) is 18.6. The normalized spacial score (nSPS) is 15.2. The Bertz CT molecular complexity index is 908. The molecule has 1 aliphatic carbocycles. The van der Waals surface area contributed by atoms with E-state index in [0.717, 1.165) is 51.0 Å². The van der Waals surface area contributed by atoms with Gasteiger partial charge in [0.1, 0.15) is 0 Å². The van der Waals surface area contributed by atoms with Crippen LogP contribution in [-0.2, 0) is 16.0 Å². The van der Waals surface area contributed by atoms with Gasteiger partial charge in [-0.3, -0.25) is 9.69 Å². The number of halogens is 1. The molecule has 0 saturated heterocycles. The number of nitrogens with one attached hydrogen (secondary N) is 2. The lowest BCUT2D eigenvalue weighted by molar-refractivity contribution is -0.140. The van der Waals surface area contributed by atoms with E-state index in [0.29, 0.717) is 22.6 Å². The first-order chi connectivity index (χ1) is 15.6. The minimum Gasteiger partial charge on any atom is -0.469 e. The molecule has 2 aromatic rings. The highest BCUT2D eigenvalue weighted by molar-refractivity contribution is 7.80. The molecular formula is C25H32ClN3O2S. The highest BCUT2D eigenvalue weighted by Crippen LogP contribution is 2.34.